The number of hydrogen-bond acceptors (Lipinski definition) is 0. The molecule has 0 amide bonds. The molecule has 0 saturated carbocycles. The zero-order chi connectivity index (χ0) is 9.80. The van der Waals surface area contributed by atoms with Crippen LogP contribution in [-0.4, -0.2) is 21.8 Å². The van der Waals surface area contributed by atoms with E-state index < -0.39 is 21.8 Å². The molecule has 0 unspecified atom stereocenters. The maximum atomic E-state index is 2.44. The first-order valence-electron chi connectivity index (χ1n) is 4.72. The van der Waals surface area contributed by atoms with Crippen LogP contribution in [0.4, 0.5) is 0 Å². The van der Waals surface area contributed by atoms with E-state index in [1.54, 1.807) is 6.54 Å². The van der Waals surface area contributed by atoms with Gasteiger partial charge in [-0.2, -0.15) is 0 Å². The van der Waals surface area contributed by atoms with Gasteiger partial charge in [0.15, 0.2) is 0 Å². The molecular formula is C13H13Bi. The Bertz CT molecular complexity index is 341. The Hall–Kier alpha value is -0.677. The Kier molecular flexibility index (Phi) is 3.32. The van der Waals surface area contributed by atoms with Crippen LogP contribution < -0.4 is 6.54 Å². The van der Waals surface area contributed by atoms with Crippen LogP contribution in [0.1, 0.15) is 0 Å². The van der Waals surface area contributed by atoms with E-state index in [0.29, 0.717) is 0 Å². The second kappa shape index (κ2) is 4.71. The molecule has 2 aromatic rings. The van der Waals surface area contributed by atoms with E-state index >= 15 is 0 Å². The third kappa shape index (κ3) is 2.22. The zero-order valence-electron chi connectivity index (χ0n) is 8.22. The van der Waals surface area contributed by atoms with E-state index in [0.717, 1.165) is 0 Å². The first-order chi connectivity index (χ1) is 6.88. The molecule has 0 spiro atoms. The van der Waals surface area contributed by atoms with Crippen molar-refractivity contribution in [3.63, 3.8) is 0 Å². The average Bonchev–Trinajstić information content (AvgIpc) is 2.30. The fraction of sp³-hybridized carbons (Fsp3) is 0.0769. The first kappa shape index (κ1) is 9.86. The van der Waals surface area contributed by atoms with E-state index in [1.807, 2.05) is 0 Å². The number of benzene rings is 2. The van der Waals surface area contributed by atoms with E-state index in [9.17, 15) is 0 Å². The van der Waals surface area contributed by atoms with Crippen LogP contribution in [0.3, 0.4) is 0 Å². The minimum atomic E-state index is -1.57. The first-order valence-corrected chi connectivity index (χ1v) is 11.7. The summed E-state index contributed by atoms with van der Waals surface area (Å²) in [7, 11) is 0. The van der Waals surface area contributed by atoms with Crippen molar-refractivity contribution in [1.29, 1.82) is 0 Å². The van der Waals surface area contributed by atoms with Crippen LogP contribution in [0.5, 0.6) is 0 Å². The molecule has 0 aliphatic heterocycles. The van der Waals surface area contributed by atoms with Gasteiger partial charge in [0.2, 0.25) is 0 Å². The summed E-state index contributed by atoms with van der Waals surface area (Å²) in [4.78, 5) is 0. The SMILES string of the molecule is [CH3][Bi]([c]1ccccc1)[c]1ccccc1. The summed E-state index contributed by atoms with van der Waals surface area (Å²) in [6.45, 7) is 0. The normalized spacial score (nSPS) is 10.4. The molecule has 2 aromatic carbocycles. The molecule has 70 valence electrons. The predicted molar refractivity (Wildman–Crippen MR) is 63.8 cm³/mol. The molecule has 0 N–H and O–H groups in total. The summed E-state index contributed by atoms with van der Waals surface area (Å²) in [5, 5.41) is 0. The van der Waals surface area contributed by atoms with E-state index in [1.165, 1.54) is 0 Å². The van der Waals surface area contributed by atoms with Gasteiger partial charge >= 0.3 is 93.6 Å². The van der Waals surface area contributed by atoms with Crippen molar-refractivity contribution in [3.05, 3.63) is 60.7 Å². The van der Waals surface area contributed by atoms with Gasteiger partial charge in [0.25, 0.3) is 0 Å². The molecule has 0 heterocycles. The van der Waals surface area contributed by atoms with Crippen molar-refractivity contribution in [2.24, 2.45) is 0 Å². The minimum absolute atomic E-state index is 1.57. The molecule has 0 aromatic heterocycles. The Morgan fingerprint density at radius 2 is 1.00 bits per heavy atom. The standard InChI is InChI=1S/2C6H5.CH3.Bi/c2*1-2-4-6-5-3-1;;/h2*1-5H;1H3;. The molecule has 0 aliphatic carbocycles. The van der Waals surface area contributed by atoms with Gasteiger partial charge in [-0.1, -0.05) is 0 Å². The molecule has 0 aliphatic rings. The van der Waals surface area contributed by atoms with Gasteiger partial charge in [-0.25, -0.2) is 0 Å². The molecule has 14 heavy (non-hydrogen) atoms. The second-order valence-corrected chi connectivity index (χ2v) is 11.6. The van der Waals surface area contributed by atoms with Crippen LogP contribution in [0.2, 0.25) is 4.63 Å². The fourth-order valence-electron chi connectivity index (χ4n) is 1.45. The van der Waals surface area contributed by atoms with Crippen LogP contribution in [0.25, 0.3) is 0 Å². The van der Waals surface area contributed by atoms with Gasteiger partial charge in [0.1, 0.15) is 0 Å². The summed E-state index contributed by atoms with van der Waals surface area (Å²) >= 11 is -1.57. The quantitative estimate of drug-likeness (QED) is 0.701. The van der Waals surface area contributed by atoms with Crippen LogP contribution in [0.15, 0.2) is 60.7 Å². The van der Waals surface area contributed by atoms with Crippen LogP contribution in [-0.2, 0) is 0 Å². The monoisotopic (exact) mass is 378 g/mol. The van der Waals surface area contributed by atoms with Crippen molar-refractivity contribution in [2.45, 2.75) is 4.63 Å². The van der Waals surface area contributed by atoms with Crippen LogP contribution in [0, 0.1) is 0 Å². The molecule has 0 bridgehead atoms. The summed E-state index contributed by atoms with van der Waals surface area (Å²) in [5.74, 6) is 0. The predicted octanol–water partition coefficient (Wildman–Crippen LogP) is 1.93. The molecule has 0 fully saturated rings. The molecule has 1 heteroatoms. The third-order valence-corrected chi connectivity index (χ3v) is 10.6. The molecular weight excluding hydrogens is 365 g/mol. The van der Waals surface area contributed by atoms with Crippen molar-refractivity contribution < 1.29 is 0 Å². The van der Waals surface area contributed by atoms with E-state index in [2.05, 4.69) is 65.3 Å². The van der Waals surface area contributed by atoms with Gasteiger partial charge in [-0.3, -0.25) is 0 Å². The Morgan fingerprint density at radius 3 is 1.36 bits per heavy atom. The van der Waals surface area contributed by atoms with Gasteiger partial charge in [-0.05, 0) is 0 Å². The van der Waals surface area contributed by atoms with Crippen molar-refractivity contribution in [1.82, 2.24) is 0 Å². The number of rotatable bonds is 2. The van der Waals surface area contributed by atoms with Gasteiger partial charge in [0, 0.05) is 0 Å². The van der Waals surface area contributed by atoms with Gasteiger partial charge in [-0.15, -0.1) is 0 Å². The van der Waals surface area contributed by atoms with Crippen molar-refractivity contribution in [2.75, 3.05) is 0 Å². The third-order valence-electron chi connectivity index (χ3n) is 2.29. The molecule has 2 rings (SSSR count). The Balaban J connectivity index is 2.30. The zero-order valence-corrected chi connectivity index (χ0v) is 11.7. The molecule has 0 atom stereocenters. The Morgan fingerprint density at radius 1 is 0.643 bits per heavy atom. The van der Waals surface area contributed by atoms with E-state index in [-0.39, 0.29) is 0 Å². The van der Waals surface area contributed by atoms with Crippen molar-refractivity contribution in [3.8, 4) is 0 Å². The summed E-state index contributed by atoms with van der Waals surface area (Å²) < 4.78 is 5.60. The van der Waals surface area contributed by atoms with Gasteiger partial charge in [0.05, 0.1) is 0 Å². The van der Waals surface area contributed by atoms with Crippen LogP contribution >= 0.6 is 0 Å². The maximum absolute atomic E-state index is 2.44. The average molecular weight is 378 g/mol. The summed E-state index contributed by atoms with van der Waals surface area (Å²) in [6.07, 6.45) is 0. The topological polar surface area (TPSA) is 0 Å². The van der Waals surface area contributed by atoms with E-state index in [4.69, 9.17) is 0 Å². The molecule has 0 saturated heterocycles. The van der Waals surface area contributed by atoms with Crippen molar-refractivity contribution >= 4 is 28.3 Å². The summed E-state index contributed by atoms with van der Waals surface area (Å²) in [6, 6.07) is 21.8. The Labute approximate surface area is 93.3 Å². The molecule has 0 nitrogen and oxygen atoms in total. The van der Waals surface area contributed by atoms with Gasteiger partial charge < -0.3 is 0 Å². The summed E-state index contributed by atoms with van der Waals surface area (Å²) in [5.41, 5.74) is 0. The fourth-order valence-corrected chi connectivity index (χ4v) is 7.43. The second-order valence-electron chi connectivity index (χ2n) is 3.23. The number of hydrogen-bond donors (Lipinski definition) is 0. The molecule has 0 radical (unpaired) electrons.